The van der Waals surface area contributed by atoms with Crippen molar-refractivity contribution in [2.45, 2.75) is 20.4 Å². The van der Waals surface area contributed by atoms with Gasteiger partial charge in [-0.3, -0.25) is 4.79 Å². The summed E-state index contributed by atoms with van der Waals surface area (Å²) < 4.78 is 0. The fraction of sp³-hybridized carbons (Fsp3) is 0.381. The van der Waals surface area contributed by atoms with Crippen LogP contribution in [-0.4, -0.2) is 38.6 Å². The summed E-state index contributed by atoms with van der Waals surface area (Å²) in [7, 11) is 0. The van der Waals surface area contributed by atoms with Gasteiger partial charge in [-0.15, -0.1) is 0 Å². The number of aryl methyl sites for hydroxylation is 1. The quantitative estimate of drug-likeness (QED) is 0.715. The van der Waals surface area contributed by atoms with Crippen LogP contribution in [-0.2, 0) is 11.3 Å². The Morgan fingerprint density at radius 3 is 2.42 bits per heavy atom. The second-order valence-electron chi connectivity index (χ2n) is 7.24. The van der Waals surface area contributed by atoms with Crippen LogP contribution in [0.15, 0.2) is 42.5 Å². The SMILES string of the molecule is Cc1cccc(NC(=O)C[NH+]2CC[NH+](Cc3ccccc3Cl)CC2)c1C. The Bertz CT molecular complexity index is 770. The van der Waals surface area contributed by atoms with Crippen molar-refractivity contribution in [3.8, 4) is 0 Å². The molecule has 3 N–H and O–H groups in total. The summed E-state index contributed by atoms with van der Waals surface area (Å²) in [5.41, 5.74) is 4.48. The third-order valence-electron chi connectivity index (χ3n) is 5.35. The summed E-state index contributed by atoms with van der Waals surface area (Å²) in [6.07, 6.45) is 0. The number of carbonyl (C=O) groups is 1. The van der Waals surface area contributed by atoms with Crippen molar-refractivity contribution in [2.75, 3.05) is 38.0 Å². The first-order valence-electron chi connectivity index (χ1n) is 9.29. The lowest BCUT2D eigenvalue weighted by atomic mass is 10.1. The average molecular weight is 374 g/mol. The molecule has 0 radical (unpaired) electrons. The van der Waals surface area contributed by atoms with Gasteiger partial charge in [0.15, 0.2) is 6.54 Å². The number of benzene rings is 2. The molecule has 0 saturated carbocycles. The molecule has 0 spiro atoms. The lowest BCUT2D eigenvalue weighted by molar-refractivity contribution is -1.02. The fourth-order valence-corrected chi connectivity index (χ4v) is 3.73. The van der Waals surface area contributed by atoms with Crippen molar-refractivity contribution in [1.29, 1.82) is 0 Å². The van der Waals surface area contributed by atoms with Gasteiger partial charge in [-0.25, -0.2) is 0 Å². The summed E-state index contributed by atoms with van der Waals surface area (Å²) >= 11 is 6.27. The minimum Gasteiger partial charge on any atom is -0.322 e. The number of nitrogens with one attached hydrogen (secondary N) is 3. The van der Waals surface area contributed by atoms with Gasteiger partial charge in [0.05, 0.1) is 0 Å². The van der Waals surface area contributed by atoms with Crippen molar-refractivity contribution in [3.63, 3.8) is 0 Å². The number of hydrogen-bond acceptors (Lipinski definition) is 1. The Hall–Kier alpha value is -1.88. The van der Waals surface area contributed by atoms with E-state index in [2.05, 4.69) is 31.3 Å². The average Bonchev–Trinajstić information content (AvgIpc) is 2.62. The van der Waals surface area contributed by atoms with Gasteiger partial charge >= 0.3 is 0 Å². The molecule has 1 saturated heterocycles. The highest BCUT2D eigenvalue weighted by atomic mass is 35.5. The molecule has 1 fully saturated rings. The minimum atomic E-state index is 0.100. The molecule has 0 atom stereocenters. The third-order valence-corrected chi connectivity index (χ3v) is 5.72. The van der Waals surface area contributed by atoms with E-state index in [1.165, 1.54) is 20.9 Å². The highest BCUT2D eigenvalue weighted by Crippen LogP contribution is 2.17. The first kappa shape index (κ1) is 18.9. The molecule has 1 amide bonds. The number of halogens is 1. The molecule has 3 rings (SSSR count). The first-order valence-corrected chi connectivity index (χ1v) is 9.67. The number of piperazine rings is 1. The summed E-state index contributed by atoms with van der Waals surface area (Å²) in [4.78, 5) is 15.3. The van der Waals surface area contributed by atoms with Crippen LogP contribution in [0.3, 0.4) is 0 Å². The molecule has 0 unspecified atom stereocenters. The van der Waals surface area contributed by atoms with Gasteiger partial charge < -0.3 is 15.1 Å². The van der Waals surface area contributed by atoms with Crippen LogP contribution in [0.25, 0.3) is 0 Å². The van der Waals surface area contributed by atoms with E-state index >= 15 is 0 Å². The Balaban J connectivity index is 1.47. The zero-order valence-corrected chi connectivity index (χ0v) is 16.3. The van der Waals surface area contributed by atoms with Gasteiger partial charge in [-0.1, -0.05) is 41.9 Å². The lowest BCUT2D eigenvalue weighted by Crippen LogP contribution is -3.28. The highest BCUT2D eigenvalue weighted by molar-refractivity contribution is 6.31. The molecule has 0 aromatic heterocycles. The Labute approximate surface area is 160 Å². The van der Waals surface area contributed by atoms with Gasteiger partial charge in [0.25, 0.3) is 5.91 Å². The molecule has 2 aromatic carbocycles. The Morgan fingerprint density at radius 1 is 1.00 bits per heavy atom. The predicted molar refractivity (Wildman–Crippen MR) is 106 cm³/mol. The van der Waals surface area contributed by atoms with E-state index in [4.69, 9.17) is 11.6 Å². The number of anilines is 1. The largest absolute Gasteiger partial charge is 0.322 e. The molecule has 1 heterocycles. The summed E-state index contributed by atoms with van der Waals surface area (Å²) in [6, 6.07) is 14.1. The van der Waals surface area contributed by atoms with E-state index in [9.17, 15) is 4.79 Å². The van der Waals surface area contributed by atoms with E-state index in [0.717, 1.165) is 49.0 Å². The monoisotopic (exact) mass is 373 g/mol. The zero-order chi connectivity index (χ0) is 18.5. The molecule has 26 heavy (non-hydrogen) atoms. The van der Waals surface area contributed by atoms with Crippen LogP contribution < -0.4 is 15.1 Å². The van der Waals surface area contributed by atoms with Gasteiger partial charge in [-0.05, 0) is 37.1 Å². The second-order valence-corrected chi connectivity index (χ2v) is 7.65. The van der Waals surface area contributed by atoms with Crippen molar-refractivity contribution < 1.29 is 14.6 Å². The van der Waals surface area contributed by atoms with Crippen molar-refractivity contribution in [3.05, 3.63) is 64.2 Å². The highest BCUT2D eigenvalue weighted by Gasteiger charge is 2.25. The third kappa shape index (κ3) is 4.85. The zero-order valence-electron chi connectivity index (χ0n) is 15.6. The van der Waals surface area contributed by atoms with Crippen LogP contribution in [0.5, 0.6) is 0 Å². The van der Waals surface area contributed by atoms with Crippen LogP contribution in [0, 0.1) is 13.8 Å². The minimum absolute atomic E-state index is 0.100. The maximum atomic E-state index is 12.4. The molecule has 2 aromatic rings. The molecular weight excluding hydrogens is 346 g/mol. The van der Waals surface area contributed by atoms with Crippen LogP contribution in [0.1, 0.15) is 16.7 Å². The van der Waals surface area contributed by atoms with Gasteiger partial charge in [-0.2, -0.15) is 0 Å². The number of amides is 1. The van der Waals surface area contributed by atoms with Gasteiger partial charge in [0.2, 0.25) is 0 Å². The smallest absolute Gasteiger partial charge is 0.279 e. The van der Waals surface area contributed by atoms with E-state index in [0.29, 0.717) is 6.54 Å². The van der Waals surface area contributed by atoms with E-state index in [1.807, 2.05) is 30.3 Å². The number of hydrogen-bond donors (Lipinski definition) is 3. The molecular formula is C21H28ClN3O+2. The number of carbonyl (C=O) groups excluding carboxylic acids is 1. The summed E-state index contributed by atoms with van der Waals surface area (Å²) in [5.74, 6) is 0.100. The van der Waals surface area contributed by atoms with Crippen molar-refractivity contribution in [1.82, 2.24) is 0 Å². The molecule has 0 aliphatic carbocycles. The molecule has 1 aliphatic rings. The van der Waals surface area contributed by atoms with Crippen LogP contribution in [0.4, 0.5) is 5.69 Å². The molecule has 5 heteroatoms. The second kappa shape index (κ2) is 8.67. The molecule has 0 bridgehead atoms. The van der Waals surface area contributed by atoms with Crippen molar-refractivity contribution in [2.24, 2.45) is 0 Å². The predicted octanol–water partition coefficient (Wildman–Crippen LogP) is 0.879. The lowest BCUT2D eigenvalue weighted by Gasteiger charge is -2.29. The topological polar surface area (TPSA) is 38.0 Å². The Morgan fingerprint density at radius 2 is 1.69 bits per heavy atom. The fourth-order valence-electron chi connectivity index (χ4n) is 3.53. The van der Waals surface area contributed by atoms with Crippen LogP contribution >= 0.6 is 11.6 Å². The summed E-state index contributed by atoms with van der Waals surface area (Å²) in [5, 5.41) is 3.92. The number of quaternary nitrogens is 2. The van der Waals surface area contributed by atoms with E-state index in [-0.39, 0.29) is 5.91 Å². The maximum Gasteiger partial charge on any atom is 0.279 e. The normalized spacial score (nSPS) is 20.0. The van der Waals surface area contributed by atoms with Crippen LogP contribution in [0.2, 0.25) is 5.02 Å². The first-order chi connectivity index (χ1) is 12.5. The van der Waals surface area contributed by atoms with E-state index in [1.54, 1.807) is 0 Å². The maximum absolute atomic E-state index is 12.4. The molecule has 4 nitrogen and oxygen atoms in total. The molecule has 138 valence electrons. The summed E-state index contributed by atoms with van der Waals surface area (Å²) in [6.45, 7) is 9.77. The standard InChI is InChI=1S/C21H26ClN3O/c1-16-6-5-9-20(17(16)2)23-21(26)15-25-12-10-24(11-13-25)14-18-7-3-4-8-19(18)22/h3-9H,10-15H2,1-2H3,(H,23,26)/p+2. The molecule has 1 aliphatic heterocycles. The van der Waals surface area contributed by atoms with Gasteiger partial charge in [0.1, 0.15) is 32.7 Å². The van der Waals surface area contributed by atoms with Crippen molar-refractivity contribution >= 4 is 23.2 Å². The number of rotatable bonds is 5. The van der Waals surface area contributed by atoms with E-state index < -0.39 is 0 Å². The Kier molecular flexibility index (Phi) is 6.30. The van der Waals surface area contributed by atoms with Gasteiger partial charge in [0, 0.05) is 16.3 Å².